The molecule has 2 nitrogen and oxygen atoms in total. The fourth-order valence-corrected chi connectivity index (χ4v) is 2.26. The van der Waals surface area contributed by atoms with Crippen LogP contribution in [0.4, 0.5) is 0 Å². The quantitative estimate of drug-likeness (QED) is 0.293. The first-order valence-electron chi connectivity index (χ1n) is 6.46. The number of hydrogen-bond donors (Lipinski definition) is 0. The Bertz CT molecular complexity index is 262. The lowest BCUT2D eigenvalue weighted by Crippen LogP contribution is -2.40. The first kappa shape index (κ1) is 16.6. The summed E-state index contributed by atoms with van der Waals surface area (Å²) in [6, 6.07) is 0. The molecule has 0 aliphatic rings. The van der Waals surface area contributed by atoms with Crippen LogP contribution in [0.3, 0.4) is 0 Å². The van der Waals surface area contributed by atoms with Gasteiger partial charge < -0.3 is 4.43 Å². The van der Waals surface area contributed by atoms with E-state index in [1.165, 1.54) is 0 Å². The molecule has 0 rings (SSSR count). The SMILES string of the molecule is C/C(C=O)=C\CCCCO[Si](C)(C)C(C)(C)C. The van der Waals surface area contributed by atoms with E-state index in [2.05, 4.69) is 33.9 Å². The van der Waals surface area contributed by atoms with Gasteiger partial charge in [0.1, 0.15) is 6.29 Å². The molecule has 3 heteroatoms. The summed E-state index contributed by atoms with van der Waals surface area (Å²) < 4.78 is 6.08. The maximum absolute atomic E-state index is 10.4. The number of unbranched alkanes of at least 4 members (excludes halogenated alkanes) is 2. The predicted octanol–water partition coefficient (Wildman–Crippen LogP) is 4.32. The van der Waals surface area contributed by atoms with E-state index in [0.717, 1.165) is 37.7 Å². The lowest BCUT2D eigenvalue weighted by atomic mass is 10.2. The summed E-state index contributed by atoms with van der Waals surface area (Å²) in [5.74, 6) is 0. The summed E-state index contributed by atoms with van der Waals surface area (Å²) in [7, 11) is -1.57. The predicted molar refractivity (Wildman–Crippen MR) is 76.8 cm³/mol. The van der Waals surface area contributed by atoms with Gasteiger partial charge in [0.15, 0.2) is 8.32 Å². The van der Waals surface area contributed by atoms with Crippen molar-refractivity contribution in [1.82, 2.24) is 0 Å². The zero-order valence-corrected chi connectivity index (χ0v) is 13.3. The van der Waals surface area contributed by atoms with Crippen LogP contribution in [0.25, 0.3) is 0 Å². The van der Waals surface area contributed by atoms with Crippen molar-refractivity contribution in [3.63, 3.8) is 0 Å². The van der Waals surface area contributed by atoms with Gasteiger partial charge in [-0.05, 0) is 49.9 Å². The minimum absolute atomic E-state index is 0.293. The molecule has 0 radical (unpaired) electrons. The minimum atomic E-state index is -1.57. The highest BCUT2D eigenvalue weighted by atomic mass is 28.4. The largest absolute Gasteiger partial charge is 0.417 e. The van der Waals surface area contributed by atoms with E-state index in [0.29, 0.717) is 5.04 Å². The average Bonchev–Trinajstić information content (AvgIpc) is 2.21. The van der Waals surface area contributed by atoms with Gasteiger partial charge >= 0.3 is 0 Å². The van der Waals surface area contributed by atoms with Crippen molar-refractivity contribution in [2.24, 2.45) is 0 Å². The molecule has 0 fully saturated rings. The Labute approximate surface area is 108 Å². The zero-order valence-electron chi connectivity index (χ0n) is 12.3. The molecule has 0 amide bonds. The number of allylic oxidation sites excluding steroid dienone is 2. The molecule has 0 aliphatic heterocycles. The van der Waals surface area contributed by atoms with Crippen molar-refractivity contribution in [3.05, 3.63) is 11.6 Å². The monoisotopic (exact) mass is 256 g/mol. The summed E-state index contributed by atoms with van der Waals surface area (Å²) >= 11 is 0. The minimum Gasteiger partial charge on any atom is -0.417 e. The number of aldehydes is 1. The first-order chi connectivity index (χ1) is 7.70. The van der Waals surface area contributed by atoms with Crippen molar-refractivity contribution in [2.45, 2.75) is 65.1 Å². The van der Waals surface area contributed by atoms with Gasteiger partial charge in [0.25, 0.3) is 0 Å². The van der Waals surface area contributed by atoms with Crippen molar-refractivity contribution < 1.29 is 9.22 Å². The lowest BCUT2D eigenvalue weighted by Gasteiger charge is -2.36. The van der Waals surface area contributed by atoms with Gasteiger partial charge in [0.2, 0.25) is 0 Å². The molecule has 0 heterocycles. The number of carbonyl (C=O) groups is 1. The van der Waals surface area contributed by atoms with Gasteiger partial charge in [-0.25, -0.2) is 0 Å². The Balaban J connectivity index is 3.76. The highest BCUT2D eigenvalue weighted by Gasteiger charge is 2.36. The Morgan fingerprint density at radius 3 is 2.29 bits per heavy atom. The van der Waals surface area contributed by atoms with Gasteiger partial charge in [0.05, 0.1) is 0 Å². The summed E-state index contributed by atoms with van der Waals surface area (Å²) in [6.45, 7) is 14.0. The zero-order chi connectivity index (χ0) is 13.5. The molecule has 0 atom stereocenters. The lowest BCUT2D eigenvalue weighted by molar-refractivity contribution is -0.104. The summed E-state index contributed by atoms with van der Waals surface area (Å²) in [5.41, 5.74) is 0.829. The molecule has 0 spiro atoms. The molecular formula is C14H28O2Si. The fourth-order valence-electron chi connectivity index (χ4n) is 1.17. The maximum atomic E-state index is 10.4. The molecule has 0 unspecified atom stereocenters. The van der Waals surface area contributed by atoms with Crippen LogP contribution in [-0.2, 0) is 9.22 Å². The second-order valence-corrected chi connectivity index (χ2v) is 11.0. The molecule has 0 saturated carbocycles. The Morgan fingerprint density at radius 1 is 1.24 bits per heavy atom. The van der Waals surface area contributed by atoms with E-state index in [-0.39, 0.29) is 0 Å². The van der Waals surface area contributed by atoms with Crippen molar-refractivity contribution in [2.75, 3.05) is 6.61 Å². The molecular weight excluding hydrogens is 228 g/mol. The summed E-state index contributed by atoms with van der Waals surface area (Å²) in [6.07, 6.45) is 6.06. The van der Waals surface area contributed by atoms with E-state index < -0.39 is 8.32 Å². The van der Waals surface area contributed by atoms with Crippen LogP contribution in [0.2, 0.25) is 18.1 Å². The third-order valence-corrected chi connectivity index (χ3v) is 8.06. The smallest absolute Gasteiger partial charge is 0.191 e. The molecule has 0 aliphatic carbocycles. The van der Waals surface area contributed by atoms with E-state index in [1.54, 1.807) is 0 Å². The Morgan fingerprint density at radius 2 is 1.82 bits per heavy atom. The highest BCUT2D eigenvalue weighted by molar-refractivity contribution is 6.74. The van der Waals surface area contributed by atoms with Gasteiger partial charge in [-0.3, -0.25) is 4.79 Å². The van der Waals surface area contributed by atoms with E-state index in [9.17, 15) is 4.79 Å². The van der Waals surface area contributed by atoms with Gasteiger partial charge in [-0.1, -0.05) is 26.8 Å². The van der Waals surface area contributed by atoms with E-state index in [4.69, 9.17) is 4.43 Å². The first-order valence-corrected chi connectivity index (χ1v) is 9.37. The van der Waals surface area contributed by atoms with Crippen LogP contribution in [0.15, 0.2) is 11.6 Å². The van der Waals surface area contributed by atoms with Crippen LogP contribution in [0.5, 0.6) is 0 Å². The second kappa shape index (κ2) is 7.12. The highest BCUT2D eigenvalue weighted by Crippen LogP contribution is 2.36. The van der Waals surface area contributed by atoms with E-state index >= 15 is 0 Å². The third kappa shape index (κ3) is 6.79. The maximum Gasteiger partial charge on any atom is 0.191 e. The fraction of sp³-hybridized carbons (Fsp3) is 0.786. The third-order valence-electron chi connectivity index (χ3n) is 3.52. The van der Waals surface area contributed by atoms with Gasteiger partial charge in [-0.15, -0.1) is 0 Å². The van der Waals surface area contributed by atoms with Crippen LogP contribution in [0, 0.1) is 0 Å². The number of hydrogen-bond acceptors (Lipinski definition) is 2. The molecule has 0 bridgehead atoms. The molecule has 17 heavy (non-hydrogen) atoms. The Kier molecular flexibility index (Phi) is 6.94. The van der Waals surface area contributed by atoms with Crippen molar-refractivity contribution >= 4 is 14.6 Å². The standard InChI is InChI=1S/C14H28O2Si/c1-13(12-15)10-8-7-9-11-16-17(5,6)14(2,3)4/h10,12H,7-9,11H2,1-6H3/b13-10+. The molecule has 0 aromatic rings. The second-order valence-electron chi connectivity index (χ2n) is 6.17. The number of carbonyl (C=O) groups excluding carboxylic acids is 1. The van der Waals surface area contributed by atoms with Gasteiger partial charge in [-0.2, -0.15) is 0 Å². The normalized spacial score (nSPS) is 13.9. The summed E-state index contributed by atoms with van der Waals surface area (Å²) in [5, 5.41) is 0.293. The van der Waals surface area contributed by atoms with Crippen LogP contribution < -0.4 is 0 Å². The molecule has 100 valence electrons. The average molecular weight is 256 g/mol. The summed E-state index contributed by atoms with van der Waals surface area (Å²) in [4.78, 5) is 10.4. The number of rotatable bonds is 7. The van der Waals surface area contributed by atoms with Crippen LogP contribution in [-0.4, -0.2) is 21.2 Å². The topological polar surface area (TPSA) is 26.3 Å². The molecule has 0 saturated heterocycles. The van der Waals surface area contributed by atoms with E-state index in [1.807, 2.05) is 13.0 Å². The van der Waals surface area contributed by atoms with Crippen molar-refractivity contribution in [3.8, 4) is 0 Å². The van der Waals surface area contributed by atoms with Crippen LogP contribution in [0.1, 0.15) is 47.0 Å². The molecule has 0 N–H and O–H groups in total. The van der Waals surface area contributed by atoms with Gasteiger partial charge in [0, 0.05) is 6.61 Å². The molecule has 0 aromatic carbocycles. The van der Waals surface area contributed by atoms with Crippen LogP contribution >= 0.6 is 0 Å². The van der Waals surface area contributed by atoms with Crippen molar-refractivity contribution in [1.29, 1.82) is 0 Å². The Hall–Kier alpha value is -0.413. The molecule has 0 aromatic heterocycles.